The van der Waals surface area contributed by atoms with E-state index in [2.05, 4.69) is 9.71 Å². The first kappa shape index (κ1) is 22.4. The van der Waals surface area contributed by atoms with Gasteiger partial charge in [-0.25, -0.2) is 13.1 Å². The standard InChI is InChI=1S/C22H22Cl2N2O3S/c1-3-4-5-10-30(28,29)26-22(27)16-7-9-21-19(12-16)18(14(2)25-21)11-15-6-8-17(23)13-20(15)24/h5-10,12-13,25H,3-4,11H2,1-2H3,(H,26,27). The molecule has 1 heterocycles. The quantitative estimate of drug-likeness (QED) is 0.467. The van der Waals surface area contributed by atoms with Gasteiger partial charge in [0.15, 0.2) is 0 Å². The Morgan fingerprint density at radius 1 is 1.17 bits per heavy atom. The number of carbonyl (C=O) groups excluding carboxylic acids is 1. The van der Waals surface area contributed by atoms with E-state index in [1.54, 1.807) is 30.3 Å². The molecule has 1 aromatic heterocycles. The van der Waals surface area contributed by atoms with Gasteiger partial charge in [-0.15, -0.1) is 0 Å². The predicted octanol–water partition coefficient (Wildman–Crippen LogP) is 5.75. The molecular weight excluding hydrogens is 443 g/mol. The van der Waals surface area contributed by atoms with Crippen LogP contribution in [0, 0.1) is 6.92 Å². The van der Waals surface area contributed by atoms with Crippen molar-refractivity contribution < 1.29 is 13.2 Å². The molecule has 5 nitrogen and oxygen atoms in total. The van der Waals surface area contributed by atoms with Crippen LogP contribution in [0.5, 0.6) is 0 Å². The van der Waals surface area contributed by atoms with Crippen molar-refractivity contribution in [1.82, 2.24) is 9.71 Å². The third-order valence-corrected chi connectivity index (χ3v) is 6.34. The molecule has 2 N–H and O–H groups in total. The number of hydrogen-bond acceptors (Lipinski definition) is 3. The van der Waals surface area contributed by atoms with Crippen LogP contribution in [0.2, 0.25) is 10.0 Å². The van der Waals surface area contributed by atoms with Crippen molar-refractivity contribution in [3.8, 4) is 0 Å². The molecule has 30 heavy (non-hydrogen) atoms. The number of H-pyrrole nitrogens is 1. The average Bonchev–Trinajstić information content (AvgIpc) is 2.98. The van der Waals surface area contributed by atoms with Gasteiger partial charge in [0.2, 0.25) is 0 Å². The van der Waals surface area contributed by atoms with Gasteiger partial charge in [-0.2, -0.15) is 0 Å². The first-order valence-corrected chi connectivity index (χ1v) is 11.8. The number of hydrogen-bond donors (Lipinski definition) is 2. The molecule has 3 aromatic rings. The van der Waals surface area contributed by atoms with Crippen LogP contribution in [-0.4, -0.2) is 19.3 Å². The van der Waals surface area contributed by atoms with Crippen LogP contribution in [0.4, 0.5) is 0 Å². The van der Waals surface area contributed by atoms with E-state index in [1.807, 2.05) is 19.9 Å². The molecule has 0 aliphatic carbocycles. The lowest BCUT2D eigenvalue weighted by Gasteiger charge is -2.07. The molecule has 0 radical (unpaired) electrons. The Hall–Kier alpha value is -2.28. The molecule has 0 saturated heterocycles. The number of aromatic amines is 1. The zero-order chi connectivity index (χ0) is 21.9. The zero-order valence-electron chi connectivity index (χ0n) is 16.6. The first-order valence-electron chi connectivity index (χ1n) is 9.49. The number of nitrogens with one attached hydrogen (secondary N) is 2. The van der Waals surface area contributed by atoms with Gasteiger partial charge in [-0.3, -0.25) is 4.79 Å². The Morgan fingerprint density at radius 2 is 1.93 bits per heavy atom. The number of unbranched alkanes of at least 4 members (excludes halogenated alkanes) is 1. The molecule has 0 spiro atoms. The van der Waals surface area contributed by atoms with Crippen molar-refractivity contribution in [2.24, 2.45) is 0 Å². The number of benzene rings is 2. The second-order valence-electron chi connectivity index (χ2n) is 7.04. The van der Waals surface area contributed by atoms with E-state index in [4.69, 9.17) is 23.2 Å². The molecule has 0 aliphatic heterocycles. The van der Waals surface area contributed by atoms with Gasteiger partial charge in [-0.1, -0.05) is 48.7 Å². The Bertz CT molecular complexity index is 1230. The highest BCUT2D eigenvalue weighted by Crippen LogP contribution is 2.29. The number of aryl methyl sites for hydroxylation is 1. The number of halogens is 2. The third kappa shape index (κ3) is 5.25. The maximum atomic E-state index is 12.5. The predicted molar refractivity (Wildman–Crippen MR) is 123 cm³/mol. The number of carbonyl (C=O) groups is 1. The SMILES string of the molecule is CCCC=CS(=O)(=O)NC(=O)c1ccc2[nH]c(C)c(Cc3ccc(Cl)cc3Cl)c2c1. The van der Waals surface area contributed by atoms with Gasteiger partial charge < -0.3 is 4.98 Å². The van der Waals surface area contributed by atoms with E-state index in [0.29, 0.717) is 22.9 Å². The van der Waals surface area contributed by atoms with E-state index in [9.17, 15) is 13.2 Å². The lowest BCUT2D eigenvalue weighted by molar-refractivity contribution is 0.0982. The number of aromatic nitrogens is 1. The van der Waals surface area contributed by atoms with Crippen molar-refractivity contribution in [2.75, 3.05) is 0 Å². The Balaban J connectivity index is 1.92. The van der Waals surface area contributed by atoms with Crippen molar-refractivity contribution in [2.45, 2.75) is 33.1 Å². The second-order valence-corrected chi connectivity index (χ2v) is 9.45. The number of amides is 1. The van der Waals surface area contributed by atoms with E-state index < -0.39 is 15.9 Å². The molecule has 8 heteroatoms. The smallest absolute Gasteiger partial charge is 0.265 e. The number of sulfonamides is 1. The largest absolute Gasteiger partial charge is 0.358 e. The summed E-state index contributed by atoms with van der Waals surface area (Å²) in [5.74, 6) is -0.674. The zero-order valence-corrected chi connectivity index (χ0v) is 19.0. The van der Waals surface area contributed by atoms with Crippen molar-refractivity contribution >= 4 is 50.0 Å². The fourth-order valence-corrected chi connectivity index (χ4v) is 4.50. The van der Waals surface area contributed by atoms with E-state index >= 15 is 0 Å². The van der Waals surface area contributed by atoms with Gasteiger partial charge in [0.05, 0.1) is 0 Å². The summed E-state index contributed by atoms with van der Waals surface area (Å²) in [7, 11) is -3.84. The molecule has 158 valence electrons. The Kier molecular flexibility index (Phi) is 6.91. The summed E-state index contributed by atoms with van der Waals surface area (Å²) in [5, 5.41) is 2.99. The summed E-state index contributed by atoms with van der Waals surface area (Å²) in [6.07, 6.45) is 3.53. The Morgan fingerprint density at radius 3 is 2.63 bits per heavy atom. The maximum absolute atomic E-state index is 12.5. The van der Waals surface area contributed by atoms with Gasteiger partial charge in [0.1, 0.15) is 0 Å². The van der Waals surface area contributed by atoms with Gasteiger partial charge in [0.25, 0.3) is 15.9 Å². The third-order valence-electron chi connectivity index (χ3n) is 4.73. The minimum absolute atomic E-state index is 0.261. The van der Waals surface area contributed by atoms with E-state index in [-0.39, 0.29) is 5.56 Å². The topological polar surface area (TPSA) is 79.0 Å². The summed E-state index contributed by atoms with van der Waals surface area (Å²) >= 11 is 12.3. The number of allylic oxidation sites excluding steroid dienone is 1. The monoisotopic (exact) mass is 464 g/mol. The van der Waals surface area contributed by atoms with Crippen LogP contribution in [0.25, 0.3) is 10.9 Å². The summed E-state index contributed by atoms with van der Waals surface area (Å²) in [4.78, 5) is 15.8. The first-order chi connectivity index (χ1) is 14.2. The lowest BCUT2D eigenvalue weighted by Crippen LogP contribution is -2.28. The van der Waals surface area contributed by atoms with Crippen LogP contribution < -0.4 is 4.72 Å². The van der Waals surface area contributed by atoms with Crippen molar-refractivity contribution in [3.63, 3.8) is 0 Å². The van der Waals surface area contributed by atoms with Crippen molar-refractivity contribution in [1.29, 1.82) is 0 Å². The highest BCUT2D eigenvalue weighted by Gasteiger charge is 2.17. The Labute approximate surface area is 186 Å². The number of rotatable bonds is 7. The summed E-state index contributed by atoms with van der Waals surface area (Å²) in [6.45, 7) is 3.89. The molecule has 3 rings (SSSR count). The average molecular weight is 465 g/mol. The lowest BCUT2D eigenvalue weighted by atomic mass is 10.0. The molecule has 0 atom stereocenters. The highest BCUT2D eigenvalue weighted by atomic mass is 35.5. The van der Waals surface area contributed by atoms with Crippen LogP contribution in [-0.2, 0) is 16.4 Å². The fourth-order valence-electron chi connectivity index (χ4n) is 3.19. The van der Waals surface area contributed by atoms with E-state index in [1.165, 1.54) is 6.08 Å². The molecule has 1 amide bonds. The molecule has 0 aliphatic rings. The summed E-state index contributed by atoms with van der Waals surface area (Å²) in [5.41, 5.74) is 3.95. The second kappa shape index (κ2) is 9.25. The van der Waals surface area contributed by atoms with Gasteiger partial charge in [0, 0.05) is 44.0 Å². The van der Waals surface area contributed by atoms with Crippen molar-refractivity contribution in [3.05, 3.63) is 80.3 Å². The minimum Gasteiger partial charge on any atom is -0.358 e. The molecule has 2 aromatic carbocycles. The molecule has 0 bridgehead atoms. The van der Waals surface area contributed by atoms with Gasteiger partial charge >= 0.3 is 0 Å². The van der Waals surface area contributed by atoms with Gasteiger partial charge in [-0.05, 0) is 54.8 Å². The summed E-state index contributed by atoms with van der Waals surface area (Å²) in [6, 6.07) is 10.4. The normalized spacial score (nSPS) is 12.0. The highest BCUT2D eigenvalue weighted by molar-refractivity contribution is 7.92. The van der Waals surface area contributed by atoms with Crippen LogP contribution in [0.15, 0.2) is 47.9 Å². The molecular formula is C22H22Cl2N2O3S. The van der Waals surface area contributed by atoms with E-state index in [0.717, 1.165) is 39.6 Å². The molecule has 0 unspecified atom stereocenters. The molecule has 0 fully saturated rings. The van der Waals surface area contributed by atoms with Crippen LogP contribution in [0.1, 0.15) is 46.9 Å². The number of fused-ring (bicyclic) bond motifs is 1. The maximum Gasteiger partial charge on any atom is 0.265 e. The molecule has 0 saturated carbocycles. The fraction of sp³-hybridized carbons (Fsp3) is 0.227. The summed E-state index contributed by atoms with van der Waals surface area (Å²) < 4.78 is 26.2. The van der Waals surface area contributed by atoms with Crippen LogP contribution in [0.3, 0.4) is 0 Å². The van der Waals surface area contributed by atoms with Crippen LogP contribution >= 0.6 is 23.2 Å². The minimum atomic E-state index is -3.84.